The van der Waals surface area contributed by atoms with Gasteiger partial charge in [-0.2, -0.15) is 0 Å². The largest absolute Gasteiger partial charge is 0.497 e. The lowest BCUT2D eigenvalue weighted by Crippen LogP contribution is -2.11. The van der Waals surface area contributed by atoms with Gasteiger partial charge in [0.1, 0.15) is 17.3 Å². The second kappa shape index (κ2) is 6.51. The summed E-state index contributed by atoms with van der Waals surface area (Å²) in [6.45, 7) is 1.37. The van der Waals surface area contributed by atoms with E-state index in [2.05, 4.69) is 10.3 Å². The van der Waals surface area contributed by atoms with E-state index in [-0.39, 0.29) is 5.91 Å². The fourth-order valence-electron chi connectivity index (χ4n) is 1.62. The van der Waals surface area contributed by atoms with E-state index in [1.165, 1.54) is 25.3 Å². The summed E-state index contributed by atoms with van der Waals surface area (Å²) in [7, 11) is 1.56. The van der Waals surface area contributed by atoms with Crippen LogP contribution >= 0.6 is 0 Å². The number of carbonyl (C=O) groups excluding carboxylic acids is 2. The number of methoxy groups -OCH3 is 1. The van der Waals surface area contributed by atoms with Gasteiger partial charge in [-0.1, -0.05) is 0 Å². The highest BCUT2D eigenvalue weighted by molar-refractivity contribution is 5.93. The van der Waals surface area contributed by atoms with Gasteiger partial charge in [0.05, 0.1) is 12.7 Å². The van der Waals surface area contributed by atoms with Crippen molar-refractivity contribution in [3.63, 3.8) is 0 Å². The van der Waals surface area contributed by atoms with E-state index in [9.17, 15) is 9.59 Å². The van der Waals surface area contributed by atoms with Crippen LogP contribution < -0.4 is 14.8 Å². The Kier molecular flexibility index (Phi) is 4.50. The van der Waals surface area contributed by atoms with Gasteiger partial charge in [0, 0.05) is 13.1 Å². The quantitative estimate of drug-likeness (QED) is 0.689. The second-order valence-corrected chi connectivity index (χ2v) is 4.18. The van der Waals surface area contributed by atoms with E-state index in [4.69, 9.17) is 9.47 Å². The van der Waals surface area contributed by atoms with E-state index in [0.717, 1.165) is 0 Å². The smallest absolute Gasteiger partial charge is 0.343 e. The first kappa shape index (κ1) is 14.5. The van der Waals surface area contributed by atoms with Gasteiger partial charge in [-0.25, -0.2) is 9.78 Å². The van der Waals surface area contributed by atoms with Crippen molar-refractivity contribution >= 4 is 17.7 Å². The van der Waals surface area contributed by atoms with E-state index in [1.807, 2.05) is 0 Å². The van der Waals surface area contributed by atoms with Gasteiger partial charge in [-0.3, -0.25) is 4.79 Å². The molecule has 6 heteroatoms. The molecule has 1 heterocycles. The van der Waals surface area contributed by atoms with Crippen LogP contribution in [0.1, 0.15) is 17.3 Å². The number of esters is 1. The Balaban J connectivity index is 2.10. The van der Waals surface area contributed by atoms with Crippen molar-refractivity contribution in [3.8, 4) is 11.5 Å². The van der Waals surface area contributed by atoms with Crippen LogP contribution in [0.25, 0.3) is 0 Å². The molecule has 6 nitrogen and oxygen atoms in total. The second-order valence-electron chi connectivity index (χ2n) is 4.18. The summed E-state index contributed by atoms with van der Waals surface area (Å²) in [6, 6.07) is 9.61. The zero-order chi connectivity index (χ0) is 15.2. The number of anilines is 1. The number of hydrogen-bond acceptors (Lipinski definition) is 5. The van der Waals surface area contributed by atoms with Crippen LogP contribution in [0, 0.1) is 0 Å². The van der Waals surface area contributed by atoms with E-state index >= 15 is 0 Å². The number of pyridine rings is 1. The van der Waals surface area contributed by atoms with Gasteiger partial charge in [0.15, 0.2) is 0 Å². The lowest BCUT2D eigenvalue weighted by atomic mass is 10.2. The molecule has 2 aromatic rings. The Morgan fingerprint density at radius 1 is 1.10 bits per heavy atom. The Labute approximate surface area is 121 Å². The monoisotopic (exact) mass is 286 g/mol. The zero-order valence-electron chi connectivity index (χ0n) is 11.6. The Bertz CT molecular complexity index is 653. The van der Waals surface area contributed by atoms with Crippen LogP contribution in [-0.2, 0) is 4.79 Å². The molecule has 1 N–H and O–H groups in total. The molecule has 0 spiro atoms. The van der Waals surface area contributed by atoms with Crippen molar-refractivity contribution in [2.45, 2.75) is 6.92 Å². The van der Waals surface area contributed by atoms with Gasteiger partial charge in [-0.05, 0) is 36.4 Å². The number of amides is 1. The average molecular weight is 286 g/mol. The van der Waals surface area contributed by atoms with Crippen molar-refractivity contribution in [2.75, 3.05) is 12.4 Å². The summed E-state index contributed by atoms with van der Waals surface area (Å²) in [5, 5.41) is 2.50. The number of ether oxygens (including phenoxy) is 2. The first-order chi connectivity index (χ1) is 10.1. The number of benzene rings is 1. The molecule has 21 heavy (non-hydrogen) atoms. The lowest BCUT2D eigenvalue weighted by Gasteiger charge is -2.06. The highest BCUT2D eigenvalue weighted by atomic mass is 16.5. The minimum atomic E-state index is -0.533. The summed E-state index contributed by atoms with van der Waals surface area (Å²) in [5.74, 6) is 0.578. The molecule has 0 saturated carbocycles. The van der Waals surface area contributed by atoms with Crippen LogP contribution in [0.5, 0.6) is 11.5 Å². The van der Waals surface area contributed by atoms with E-state index in [1.54, 1.807) is 31.4 Å². The zero-order valence-corrected chi connectivity index (χ0v) is 11.6. The molecule has 0 fully saturated rings. The highest BCUT2D eigenvalue weighted by Crippen LogP contribution is 2.18. The molecule has 108 valence electrons. The molecule has 0 bridgehead atoms. The molecule has 0 aliphatic rings. The molecule has 0 saturated heterocycles. The third kappa shape index (κ3) is 4.04. The predicted octanol–water partition coefficient (Wildman–Crippen LogP) is 2.27. The summed E-state index contributed by atoms with van der Waals surface area (Å²) in [6.07, 6.45) is 1.43. The maximum absolute atomic E-state index is 12.0. The van der Waals surface area contributed by atoms with Crippen LogP contribution in [-0.4, -0.2) is 24.0 Å². The Morgan fingerprint density at radius 2 is 1.76 bits per heavy atom. The summed E-state index contributed by atoms with van der Waals surface area (Å²) in [4.78, 5) is 26.9. The topological polar surface area (TPSA) is 77.5 Å². The third-order valence-electron chi connectivity index (χ3n) is 2.57. The van der Waals surface area contributed by atoms with E-state index in [0.29, 0.717) is 22.9 Å². The van der Waals surface area contributed by atoms with Gasteiger partial charge in [0.2, 0.25) is 5.91 Å². The summed E-state index contributed by atoms with van der Waals surface area (Å²) >= 11 is 0. The van der Waals surface area contributed by atoms with Crippen LogP contribution in [0.2, 0.25) is 0 Å². The molecular weight excluding hydrogens is 272 g/mol. The van der Waals surface area contributed by atoms with E-state index < -0.39 is 5.97 Å². The van der Waals surface area contributed by atoms with Gasteiger partial charge in [0.25, 0.3) is 0 Å². The Hall–Kier alpha value is -2.89. The molecule has 1 aromatic heterocycles. The minimum absolute atomic E-state index is 0.261. The Morgan fingerprint density at radius 3 is 2.38 bits per heavy atom. The van der Waals surface area contributed by atoms with Crippen molar-refractivity contribution in [3.05, 3.63) is 48.2 Å². The SMILES string of the molecule is COc1ccc(OC(=O)c2ccnc(NC(C)=O)c2)cc1. The molecule has 1 amide bonds. The fraction of sp³-hybridized carbons (Fsp3) is 0.133. The summed E-state index contributed by atoms with van der Waals surface area (Å²) in [5.41, 5.74) is 0.296. The van der Waals surface area contributed by atoms with Crippen LogP contribution in [0.3, 0.4) is 0 Å². The molecule has 0 aliphatic heterocycles. The molecule has 0 unspecified atom stereocenters. The first-order valence-corrected chi connectivity index (χ1v) is 6.18. The van der Waals surface area contributed by atoms with Crippen molar-refractivity contribution < 1.29 is 19.1 Å². The lowest BCUT2D eigenvalue weighted by molar-refractivity contribution is -0.114. The third-order valence-corrected chi connectivity index (χ3v) is 2.57. The molecule has 0 aliphatic carbocycles. The van der Waals surface area contributed by atoms with Gasteiger partial charge in [-0.15, -0.1) is 0 Å². The van der Waals surface area contributed by atoms with Gasteiger partial charge >= 0.3 is 5.97 Å². The predicted molar refractivity (Wildman–Crippen MR) is 76.5 cm³/mol. The van der Waals surface area contributed by atoms with Crippen LogP contribution in [0.15, 0.2) is 42.6 Å². The minimum Gasteiger partial charge on any atom is -0.497 e. The normalized spacial score (nSPS) is 9.81. The number of rotatable bonds is 4. The average Bonchev–Trinajstić information content (AvgIpc) is 2.47. The molecular formula is C15H14N2O4. The van der Waals surface area contributed by atoms with Crippen molar-refractivity contribution in [1.82, 2.24) is 4.98 Å². The highest BCUT2D eigenvalue weighted by Gasteiger charge is 2.10. The number of carbonyl (C=O) groups is 2. The van der Waals surface area contributed by atoms with Crippen molar-refractivity contribution in [1.29, 1.82) is 0 Å². The molecule has 0 radical (unpaired) electrons. The van der Waals surface area contributed by atoms with Crippen LogP contribution in [0.4, 0.5) is 5.82 Å². The molecule has 1 aromatic carbocycles. The fourth-order valence-corrected chi connectivity index (χ4v) is 1.62. The number of nitrogens with one attached hydrogen (secondary N) is 1. The summed E-state index contributed by atoms with van der Waals surface area (Å²) < 4.78 is 10.2. The van der Waals surface area contributed by atoms with Crippen molar-refractivity contribution in [2.24, 2.45) is 0 Å². The first-order valence-electron chi connectivity index (χ1n) is 6.18. The number of nitrogens with zero attached hydrogens (tertiary/aromatic N) is 1. The van der Waals surface area contributed by atoms with Gasteiger partial charge < -0.3 is 14.8 Å². The maximum atomic E-state index is 12.0. The number of hydrogen-bond donors (Lipinski definition) is 1. The number of aromatic nitrogens is 1. The molecule has 0 atom stereocenters. The molecule has 2 rings (SSSR count). The standard InChI is InChI=1S/C15H14N2O4/c1-10(18)17-14-9-11(7-8-16-14)15(19)21-13-5-3-12(20-2)4-6-13/h3-9H,1-2H3,(H,16,17,18). The maximum Gasteiger partial charge on any atom is 0.343 e.